The number of rotatable bonds is 4. The Kier molecular flexibility index (Phi) is 4.82. The fourth-order valence-electron chi connectivity index (χ4n) is 2.48. The second kappa shape index (κ2) is 6.16. The van der Waals surface area contributed by atoms with Crippen molar-refractivity contribution in [2.24, 2.45) is 0 Å². The molecule has 3 N–H and O–H groups in total. The molecule has 2 amide bonds. The van der Waals surface area contributed by atoms with E-state index in [9.17, 15) is 15.0 Å². The number of nitrogens with zero attached hydrogens (tertiary/aromatic N) is 2. The van der Waals surface area contributed by atoms with Gasteiger partial charge in [-0.3, -0.25) is 0 Å². The molecule has 2 aliphatic heterocycles. The molecule has 4 atom stereocenters. The van der Waals surface area contributed by atoms with Crippen LogP contribution in [0.15, 0.2) is 12.4 Å². The number of hydrogen-bond donors (Lipinski definition) is 3. The van der Waals surface area contributed by atoms with Gasteiger partial charge in [0.05, 0.1) is 13.2 Å². The minimum atomic E-state index is -1.22. The molecule has 2 aliphatic rings. The lowest BCUT2D eigenvalue weighted by Crippen LogP contribution is -2.51. The molecule has 1 saturated heterocycles. The summed E-state index contributed by atoms with van der Waals surface area (Å²) in [5, 5.41) is 23.0. The minimum absolute atomic E-state index is 0.310. The zero-order chi connectivity index (χ0) is 16.7. The van der Waals surface area contributed by atoms with Crippen LogP contribution in [-0.2, 0) is 4.74 Å². The van der Waals surface area contributed by atoms with Crippen molar-refractivity contribution in [1.29, 1.82) is 0 Å². The monoisotopic (exact) mass is 330 g/mol. The van der Waals surface area contributed by atoms with Gasteiger partial charge in [-0.15, -0.1) is 13.2 Å². The predicted octanol–water partition coefficient (Wildman–Crippen LogP) is -0.301. The van der Waals surface area contributed by atoms with Gasteiger partial charge in [-0.05, 0) is 32.5 Å². The average molecular weight is 330 g/mol. The van der Waals surface area contributed by atoms with Gasteiger partial charge in [0.15, 0.2) is 6.34 Å². The molecule has 2 heterocycles. The van der Waals surface area contributed by atoms with E-state index in [2.05, 4.69) is 31.5 Å². The molecule has 0 aromatic rings. The second-order valence-electron chi connectivity index (χ2n) is 6.50. The summed E-state index contributed by atoms with van der Waals surface area (Å²) in [5.74, 6) is 0.310. The molecule has 0 saturated carbocycles. The third-order valence-electron chi connectivity index (χ3n) is 3.81. The van der Waals surface area contributed by atoms with Gasteiger partial charge in [0, 0.05) is 0 Å². The van der Waals surface area contributed by atoms with Crippen molar-refractivity contribution in [1.82, 2.24) is 10.2 Å². The number of ether oxygens (including phenoxy) is 1. The molecule has 0 aromatic heterocycles. The van der Waals surface area contributed by atoms with Crippen molar-refractivity contribution in [2.45, 2.75) is 31.0 Å². The largest absolute Gasteiger partial charge is 0.442 e. The number of amides is 2. The van der Waals surface area contributed by atoms with Crippen LogP contribution in [0.2, 0.25) is 0 Å². The zero-order valence-electron chi connectivity index (χ0n) is 13.3. The van der Waals surface area contributed by atoms with Crippen molar-refractivity contribution >= 4 is 25.6 Å². The third-order valence-corrected chi connectivity index (χ3v) is 5.28. The van der Waals surface area contributed by atoms with E-state index in [1.165, 1.54) is 15.8 Å². The number of aliphatic hydroxyl groups excluding tert-OH is 2. The molecule has 0 radical (unpaired) electrons. The Hall–Kier alpha value is -1.14. The Bertz CT molecular complexity index is 556. The van der Waals surface area contributed by atoms with E-state index in [4.69, 9.17) is 4.74 Å². The number of urea groups is 1. The number of hydrogen-bond acceptors (Lipinski definition) is 4. The first-order chi connectivity index (χ1) is 10.1. The van der Waals surface area contributed by atoms with Crippen LogP contribution >= 0.6 is 6.89 Å². The first-order valence-corrected chi connectivity index (χ1v) is 10.2. The Morgan fingerprint density at radius 2 is 2.09 bits per heavy atom. The van der Waals surface area contributed by atoms with E-state index in [0.717, 1.165) is 6.16 Å². The Balaban J connectivity index is 2.13. The Labute approximate surface area is 130 Å². The molecule has 0 spiro atoms. The van der Waals surface area contributed by atoms with Gasteiger partial charge in [-0.25, -0.2) is 19.6 Å². The quantitative estimate of drug-likeness (QED) is 0.488. The minimum Gasteiger partial charge on any atom is -0.387 e. The maximum absolute atomic E-state index is 11.5. The van der Waals surface area contributed by atoms with Gasteiger partial charge < -0.3 is 14.9 Å². The highest BCUT2D eigenvalue weighted by Gasteiger charge is 2.47. The summed E-state index contributed by atoms with van der Waals surface area (Å²) in [6.45, 7) is 6.77. The maximum Gasteiger partial charge on any atom is 0.442 e. The summed E-state index contributed by atoms with van der Waals surface area (Å²) in [4.78, 5) is 12.9. The molecule has 8 heteroatoms. The third kappa shape index (κ3) is 3.60. The summed E-state index contributed by atoms with van der Waals surface area (Å²) >= 11 is 0. The maximum atomic E-state index is 11.5. The lowest BCUT2D eigenvalue weighted by molar-refractivity contribution is -0.581. The molecule has 124 valence electrons. The molecular weight excluding hydrogens is 305 g/mol. The molecule has 4 unspecified atom stereocenters. The van der Waals surface area contributed by atoms with Crippen LogP contribution in [0.4, 0.5) is 4.79 Å². The number of carbonyl (C=O) groups excluding carboxylic acids is 1. The van der Waals surface area contributed by atoms with Gasteiger partial charge in [0.2, 0.25) is 12.0 Å². The lowest BCUT2D eigenvalue weighted by atomic mass is 10.1. The number of nitrogens with one attached hydrogen (secondary N) is 1. The van der Waals surface area contributed by atoms with Crippen LogP contribution in [0.25, 0.3) is 0 Å². The molecular formula is C14H25N3O4P+. The molecule has 2 rings (SSSR count). The van der Waals surface area contributed by atoms with Gasteiger partial charge in [0.1, 0.15) is 12.2 Å². The molecule has 1 fully saturated rings. The first kappa shape index (κ1) is 17.2. The normalized spacial score (nSPS) is 33.0. The van der Waals surface area contributed by atoms with Crippen LogP contribution in [0.3, 0.4) is 0 Å². The first-order valence-electron chi connectivity index (χ1n) is 7.15. The van der Waals surface area contributed by atoms with Crippen molar-refractivity contribution in [2.75, 3.05) is 26.5 Å². The van der Waals surface area contributed by atoms with Crippen LogP contribution in [0.1, 0.15) is 6.42 Å². The highest BCUT2D eigenvalue weighted by molar-refractivity contribution is 7.72. The lowest BCUT2D eigenvalue weighted by Gasteiger charge is -2.24. The predicted molar refractivity (Wildman–Crippen MR) is 87.8 cm³/mol. The zero-order valence-corrected chi connectivity index (χ0v) is 14.2. The Morgan fingerprint density at radius 3 is 2.68 bits per heavy atom. The van der Waals surface area contributed by atoms with Crippen LogP contribution in [-0.4, -0.2) is 89.4 Å². The van der Waals surface area contributed by atoms with Gasteiger partial charge in [-0.2, -0.15) is 0 Å². The highest BCUT2D eigenvalue weighted by Crippen LogP contribution is 2.38. The molecule has 22 heavy (non-hydrogen) atoms. The highest BCUT2D eigenvalue weighted by atomic mass is 31.2. The van der Waals surface area contributed by atoms with Crippen molar-refractivity contribution in [3.8, 4) is 0 Å². The van der Waals surface area contributed by atoms with Gasteiger partial charge in [-0.1, -0.05) is 0 Å². The van der Waals surface area contributed by atoms with E-state index in [1.807, 2.05) is 0 Å². The molecule has 7 nitrogen and oxygen atoms in total. The summed E-state index contributed by atoms with van der Waals surface area (Å²) in [5.41, 5.74) is 0. The van der Waals surface area contributed by atoms with Crippen LogP contribution in [0, 0.1) is 0 Å². The fourth-order valence-corrected chi connectivity index (χ4v) is 3.43. The smallest absolute Gasteiger partial charge is 0.387 e. The van der Waals surface area contributed by atoms with E-state index in [1.54, 1.807) is 7.05 Å². The molecule has 0 aliphatic carbocycles. The number of aliphatic hydroxyl groups is 2. The summed E-state index contributed by atoms with van der Waals surface area (Å²) < 4.78 is 7.35. The van der Waals surface area contributed by atoms with E-state index >= 15 is 0 Å². The van der Waals surface area contributed by atoms with E-state index < -0.39 is 31.4 Å². The topological polar surface area (TPSA) is 85.0 Å². The average Bonchev–Trinajstić information content (AvgIpc) is 2.68. The van der Waals surface area contributed by atoms with Crippen molar-refractivity contribution in [3.63, 3.8) is 0 Å². The Morgan fingerprint density at radius 1 is 1.45 bits per heavy atom. The van der Waals surface area contributed by atoms with E-state index in [0.29, 0.717) is 12.2 Å². The number of carbonyl (C=O) groups is 1. The summed E-state index contributed by atoms with van der Waals surface area (Å²) in [6, 6.07) is -0.311. The molecule has 0 bridgehead atoms. The fraction of sp³-hybridized carbons (Fsp3) is 0.643. The van der Waals surface area contributed by atoms with Crippen LogP contribution in [0.5, 0.6) is 0 Å². The van der Waals surface area contributed by atoms with Crippen molar-refractivity contribution in [3.05, 3.63) is 12.4 Å². The summed E-state index contributed by atoms with van der Waals surface area (Å²) in [6.07, 6.45) is 3.88. The molecule has 0 aromatic carbocycles. The summed E-state index contributed by atoms with van der Waals surface area (Å²) in [7, 11) is 1.58. The second-order valence-corrected chi connectivity index (χ2v) is 10.8. The SMILES string of the molecule is C=C1NC(=O)N(C)C=[N+]1C1OC(CCP(=C)(C)C)C(O)C1O. The van der Waals surface area contributed by atoms with Crippen molar-refractivity contribution < 1.29 is 24.3 Å². The standard InChI is InChI=1S/C14H24N3O4P/c1-9-15-14(20)16(2)8-17(9)13-12(19)11(18)10(21-13)6-7-22(3,4)5/h8,10-13,18-19H,1,3,6-7H2,2,4-5H3/p+1. The van der Waals surface area contributed by atoms with E-state index in [-0.39, 0.29) is 6.03 Å². The van der Waals surface area contributed by atoms with Gasteiger partial charge in [0.25, 0.3) is 0 Å². The van der Waals surface area contributed by atoms with Crippen LogP contribution < -0.4 is 5.32 Å². The van der Waals surface area contributed by atoms with Gasteiger partial charge >= 0.3 is 6.03 Å².